The van der Waals surface area contributed by atoms with Crippen LogP contribution in [-0.4, -0.2) is 17.0 Å². The van der Waals surface area contributed by atoms with Crippen molar-refractivity contribution >= 4 is 5.69 Å². The first-order valence-corrected chi connectivity index (χ1v) is 6.56. The Kier molecular flexibility index (Phi) is 4.84. The molecule has 2 aromatic rings. The Morgan fingerprint density at radius 3 is 2.67 bits per heavy atom. The molecular formula is C15H17N3O3. The Morgan fingerprint density at radius 1 is 1.33 bits per heavy atom. The Morgan fingerprint density at radius 2 is 2.05 bits per heavy atom. The molecule has 2 rings (SSSR count). The van der Waals surface area contributed by atoms with Crippen LogP contribution in [0, 0.1) is 10.1 Å². The SMILES string of the molecule is COc1cc(CN[C@H](C)c2ccncc2)cc([N+](=O)[O-])c1. The summed E-state index contributed by atoms with van der Waals surface area (Å²) in [5.41, 5.74) is 1.95. The molecule has 1 aromatic heterocycles. The highest BCUT2D eigenvalue weighted by molar-refractivity contribution is 5.42. The van der Waals surface area contributed by atoms with Gasteiger partial charge in [-0.1, -0.05) is 0 Å². The second-order valence-corrected chi connectivity index (χ2v) is 4.68. The number of non-ortho nitro benzene ring substituents is 1. The van der Waals surface area contributed by atoms with Gasteiger partial charge >= 0.3 is 0 Å². The minimum Gasteiger partial charge on any atom is -0.496 e. The van der Waals surface area contributed by atoms with E-state index in [1.54, 1.807) is 24.5 Å². The van der Waals surface area contributed by atoms with Crippen LogP contribution in [-0.2, 0) is 6.54 Å². The summed E-state index contributed by atoms with van der Waals surface area (Å²) in [4.78, 5) is 14.5. The van der Waals surface area contributed by atoms with Gasteiger partial charge in [-0.2, -0.15) is 0 Å². The number of pyridine rings is 1. The molecule has 110 valence electrons. The third kappa shape index (κ3) is 4.00. The van der Waals surface area contributed by atoms with Gasteiger partial charge in [-0.15, -0.1) is 0 Å². The van der Waals surface area contributed by atoms with Crippen molar-refractivity contribution in [3.8, 4) is 5.75 Å². The fraction of sp³-hybridized carbons (Fsp3) is 0.267. The first-order chi connectivity index (χ1) is 10.1. The first kappa shape index (κ1) is 14.9. The van der Waals surface area contributed by atoms with Crippen LogP contribution in [0.5, 0.6) is 5.75 Å². The standard InChI is InChI=1S/C15H17N3O3/c1-11(13-3-5-16-6-4-13)17-10-12-7-14(18(19)20)9-15(8-12)21-2/h3-9,11,17H,10H2,1-2H3/t11-/m1/s1. The lowest BCUT2D eigenvalue weighted by atomic mass is 10.1. The molecule has 6 heteroatoms. The predicted octanol–water partition coefficient (Wildman–Crippen LogP) is 2.85. The van der Waals surface area contributed by atoms with Gasteiger partial charge < -0.3 is 10.1 Å². The highest BCUT2D eigenvalue weighted by Crippen LogP contribution is 2.23. The van der Waals surface area contributed by atoms with Crippen LogP contribution in [0.15, 0.2) is 42.7 Å². The zero-order chi connectivity index (χ0) is 15.2. The summed E-state index contributed by atoms with van der Waals surface area (Å²) in [6.07, 6.45) is 3.48. The predicted molar refractivity (Wildman–Crippen MR) is 79.1 cm³/mol. The summed E-state index contributed by atoms with van der Waals surface area (Å²) in [5, 5.41) is 14.2. The summed E-state index contributed by atoms with van der Waals surface area (Å²) in [6.45, 7) is 2.55. The van der Waals surface area contributed by atoms with Gasteiger partial charge in [0.1, 0.15) is 5.75 Å². The van der Waals surface area contributed by atoms with Crippen molar-refractivity contribution in [2.45, 2.75) is 19.5 Å². The Balaban J connectivity index is 2.09. The zero-order valence-electron chi connectivity index (χ0n) is 11.9. The van der Waals surface area contributed by atoms with Crippen LogP contribution in [0.4, 0.5) is 5.69 Å². The molecule has 21 heavy (non-hydrogen) atoms. The molecule has 0 saturated heterocycles. The molecule has 0 saturated carbocycles. The number of nitro groups is 1. The molecule has 6 nitrogen and oxygen atoms in total. The number of nitrogens with zero attached hydrogens (tertiary/aromatic N) is 2. The van der Waals surface area contributed by atoms with Crippen LogP contribution in [0.2, 0.25) is 0 Å². The van der Waals surface area contributed by atoms with Gasteiger partial charge in [-0.3, -0.25) is 15.1 Å². The van der Waals surface area contributed by atoms with Crippen LogP contribution < -0.4 is 10.1 Å². The Hall–Kier alpha value is -2.47. The molecular weight excluding hydrogens is 270 g/mol. The molecule has 1 N–H and O–H groups in total. The number of rotatable bonds is 6. The maximum absolute atomic E-state index is 10.9. The first-order valence-electron chi connectivity index (χ1n) is 6.56. The number of nitro benzene ring substituents is 1. The van der Waals surface area contributed by atoms with Crippen molar-refractivity contribution in [3.63, 3.8) is 0 Å². The van der Waals surface area contributed by atoms with Crippen molar-refractivity contribution in [3.05, 3.63) is 64.0 Å². The van der Waals surface area contributed by atoms with Crippen LogP contribution in [0.25, 0.3) is 0 Å². The molecule has 0 aliphatic carbocycles. The maximum Gasteiger partial charge on any atom is 0.273 e. The molecule has 0 amide bonds. The monoisotopic (exact) mass is 287 g/mol. The van der Waals surface area contributed by atoms with E-state index < -0.39 is 4.92 Å². The van der Waals surface area contributed by atoms with Gasteiger partial charge in [0.2, 0.25) is 0 Å². The molecule has 1 heterocycles. The van der Waals surface area contributed by atoms with Crippen molar-refractivity contribution in [2.75, 3.05) is 7.11 Å². The van der Waals surface area contributed by atoms with Crippen LogP contribution in [0.3, 0.4) is 0 Å². The molecule has 0 radical (unpaired) electrons. The van der Waals surface area contributed by atoms with Crippen molar-refractivity contribution in [1.82, 2.24) is 10.3 Å². The molecule has 0 aliphatic heterocycles. The van der Waals surface area contributed by atoms with Crippen molar-refractivity contribution < 1.29 is 9.66 Å². The van der Waals surface area contributed by atoms with E-state index in [4.69, 9.17) is 4.74 Å². The maximum atomic E-state index is 10.9. The Labute approximate surface area is 122 Å². The molecule has 0 unspecified atom stereocenters. The molecule has 0 aliphatic rings. The largest absolute Gasteiger partial charge is 0.496 e. The fourth-order valence-corrected chi connectivity index (χ4v) is 2.01. The minimum atomic E-state index is -0.418. The molecule has 0 spiro atoms. The van der Waals surface area contributed by atoms with E-state index in [0.29, 0.717) is 12.3 Å². The van der Waals surface area contributed by atoms with Gasteiger partial charge in [-0.25, -0.2) is 0 Å². The number of aromatic nitrogens is 1. The molecule has 1 atom stereocenters. The second kappa shape index (κ2) is 6.81. The third-order valence-corrected chi connectivity index (χ3v) is 3.22. The third-order valence-electron chi connectivity index (χ3n) is 3.22. The van der Waals surface area contributed by atoms with E-state index in [2.05, 4.69) is 10.3 Å². The normalized spacial score (nSPS) is 11.9. The quantitative estimate of drug-likeness (QED) is 0.653. The number of benzene rings is 1. The lowest BCUT2D eigenvalue weighted by Gasteiger charge is -2.14. The van der Waals surface area contributed by atoms with E-state index in [1.165, 1.54) is 13.2 Å². The topological polar surface area (TPSA) is 77.3 Å². The zero-order valence-corrected chi connectivity index (χ0v) is 11.9. The number of nitrogens with one attached hydrogen (secondary N) is 1. The second-order valence-electron chi connectivity index (χ2n) is 4.68. The lowest BCUT2D eigenvalue weighted by molar-refractivity contribution is -0.385. The summed E-state index contributed by atoms with van der Waals surface area (Å²) in [5.74, 6) is 0.484. The summed E-state index contributed by atoms with van der Waals surface area (Å²) in [6, 6.07) is 8.75. The highest BCUT2D eigenvalue weighted by atomic mass is 16.6. The molecule has 0 bridgehead atoms. The summed E-state index contributed by atoms with van der Waals surface area (Å²) >= 11 is 0. The van der Waals surface area contributed by atoms with Gasteiger partial charge in [-0.05, 0) is 36.2 Å². The van der Waals surface area contributed by atoms with Crippen molar-refractivity contribution in [1.29, 1.82) is 0 Å². The summed E-state index contributed by atoms with van der Waals surface area (Å²) in [7, 11) is 1.50. The molecule has 0 fully saturated rings. The van der Waals surface area contributed by atoms with Gasteiger partial charge in [0.05, 0.1) is 18.1 Å². The van der Waals surface area contributed by atoms with Gasteiger partial charge in [0.15, 0.2) is 0 Å². The number of ether oxygens (including phenoxy) is 1. The average Bonchev–Trinajstić information content (AvgIpc) is 2.53. The highest BCUT2D eigenvalue weighted by Gasteiger charge is 2.11. The van der Waals surface area contributed by atoms with Gasteiger partial charge in [0, 0.05) is 31.0 Å². The number of hydrogen-bond donors (Lipinski definition) is 1. The van der Waals surface area contributed by atoms with Crippen LogP contribution >= 0.6 is 0 Å². The minimum absolute atomic E-state index is 0.0303. The number of hydrogen-bond acceptors (Lipinski definition) is 5. The van der Waals surface area contributed by atoms with E-state index in [9.17, 15) is 10.1 Å². The number of methoxy groups -OCH3 is 1. The fourth-order valence-electron chi connectivity index (χ4n) is 2.01. The Bertz CT molecular complexity index is 617. The average molecular weight is 287 g/mol. The van der Waals surface area contributed by atoms with E-state index >= 15 is 0 Å². The lowest BCUT2D eigenvalue weighted by Crippen LogP contribution is -2.18. The summed E-state index contributed by atoms with van der Waals surface area (Å²) < 4.78 is 5.10. The molecule has 1 aromatic carbocycles. The smallest absolute Gasteiger partial charge is 0.273 e. The van der Waals surface area contributed by atoms with E-state index in [-0.39, 0.29) is 11.7 Å². The van der Waals surface area contributed by atoms with E-state index in [0.717, 1.165) is 11.1 Å². The van der Waals surface area contributed by atoms with E-state index in [1.807, 2.05) is 19.1 Å². The van der Waals surface area contributed by atoms with Crippen molar-refractivity contribution in [2.24, 2.45) is 0 Å². The van der Waals surface area contributed by atoms with Gasteiger partial charge in [0.25, 0.3) is 5.69 Å². The van der Waals surface area contributed by atoms with Crippen LogP contribution in [0.1, 0.15) is 24.1 Å².